The van der Waals surface area contributed by atoms with Crippen LogP contribution >= 0.6 is 0 Å². The molecule has 0 saturated carbocycles. The Morgan fingerprint density at radius 1 is 1.29 bits per heavy atom. The third kappa shape index (κ3) is 2.51. The van der Waals surface area contributed by atoms with E-state index in [0.717, 1.165) is 18.6 Å². The highest BCUT2D eigenvalue weighted by atomic mass is 16.5. The molecule has 0 aromatic heterocycles. The van der Waals surface area contributed by atoms with E-state index in [1.54, 1.807) is 7.11 Å². The van der Waals surface area contributed by atoms with Gasteiger partial charge in [-0.05, 0) is 51.8 Å². The van der Waals surface area contributed by atoms with Crippen molar-refractivity contribution in [1.29, 1.82) is 0 Å². The van der Waals surface area contributed by atoms with E-state index >= 15 is 0 Å². The number of piperidine rings is 1. The molecule has 0 radical (unpaired) electrons. The Morgan fingerprint density at radius 2 is 1.95 bits per heavy atom. The summed E-state index contributed by atoms with van der Waals surface area (Å²) in [5.41, 5.74) is 2.51. The maximum absolute atomic E-state index is 10.0. The normalized spacial score (nSPS) is 29.5. The van der Waals surface area contributed by atoms with Crippen LogP contribution in [-0.2, 0) is 0 Å². The van der Waals surface area contributed by atoms with E-state index in [1.165, 1.54) is 24.1 Å². The highest BCUT2D eigenvalue weighted by molar-refractivity contribution is 5.63. The van der Waals surface area contributed by atoms with E-state index in [2.05, 4.69) is 29.3 Å². The quantitative estimate of drug-likeness (QED) is 0.894. The number of hydrogen-bond donors (Lipinski definition) is 2. The van der Waals surface area contributed by atoms with Gasteiger partial charge in [0.25, 0.3) is 0 Å². The zero-order valence-electron chi connectivity index (χ0n) is 13.2. The summed E-state index contributed by atoms with van der Waals surface area (Å²) < 4.78 is 5.60. The number of fused-ring (bicyclic) bond motifs is 2. The van der Waals surface area contributed by atoms with Gasteiger partial charge in [0.15, 0.2) is 0 Å². The lowest BCUT2D eigenvalue weighted by molar-refractivity contribution is 0.126. The molecule has 2 fully saturated rings. The second kappa shape index (κ2) is 5.85. The molecule has 0 amide bonds. The number of hydrogen-bond acceptors (Lipinski definition) is 4. The van der Waals surface area contributed by atoms with Crippen molar-refractivity contribution in [3.63, 3.8) is 0 Å². The first kappa shape index (κ1) is 14.7. The molecule has 2 bridgehead atoms. The molecule has 3 atom stereocenters. The number of aliphatic hydroxyl groups excluding tert-OH is 1. The number of nitrogens with one attached hydrogen (secondary N) is 1. The number of nitrogens with zero attached hydrogens (tertiary/aromatic N) is 1. The Hall–Kier alpha value is -1.26. The van der Waals surface area contributed by atoms with Crippen molar-refractivity contribution in [3.05, 3.63) is 23.8 Å². The van der Waals surface area contributed by atoms with Crippen molar-refractivity contribution >= 4 is 5.69 Å². The van der Waals surface area contributed by atoms with Crippen LogP contribution in [0.25, 0.3) is 0 Å². The van der Waals surface area contributed by atoms with E-state index in [0.29, 0.717) is 12.1 Å². The predicted octanol–water partition coefficient (Wildman–Crippen LogP) is 2.47. The fourth-order valence-corrected chi connectivity index (χ4v) is 4.06. The van der Waals surface area contributed by atoms with E-state index in [9.17, 15) is 5.11 Å². The van der Waals surface area contributed by atoms with Gasteiger partial charge in [0.05, 0.1) is 13.2 Å². The van der Waals surface area contributed by atoms with Crippen molar-refractivity contribution in [3.8, 4) is 5.75 Å². The van der Waals surface area contributed by atoms with Gasteiger partial charge in [0.2, 0.25) is 0 Å². The van der Waals surface area contributed by atoms with Gasteiger partial charge in [-0.2, -0.15) is 0 Å². The van der Waals surface area contributed by atoms with E-state index < -0.39 is 0 Å². The minimum absolute atomic E-state index is 0.130. The number of rotatable bonds is 4. The number of benzene rings is 1. The molecule has 0 aliphatic carbocycles. The molecule has 2 heterocycles. The maximum atomic E-state index is 10.0. The fraction of sp³-hybridized carbons (Fsp3) is 0.647. The number of anilines is 1. The molecule has 2 aliphatic rings. The minimum Gasteiger partial charge on any atom is -0.496 e. The Kier molecular flexibility index (Phi) is 4.09. The van der Waals surface area contributed by atoms with Crippen LogP contribution in [0, 0.1) is 0 Å². The molecule has 4 heteroatoms. The van der Waals surface area contributed by atoms with E-state index in [1.807, 2.05) is 13.1 Å². The van der Waals surface area contributed by atoms with Crippen molar-refractivity contribution in [2.45, 2.75) is 56.8 Å². The van der Waals surface area contributed by atoms with E-state index in [4.69, 9.17) is 4.74 Å². The summed E-state index contributed by atoms with van der Waals surface area (Å²) >= 11 is 0. The highest BCUT2D eigenvalue weighted by Gasteiger charge is 2.41. The standard InChI is InChI=1S/C17H26N2O2/c1-11(18-2)17-15(5-4-6-16(17)21-3)19-12-7-8-13(19)10-14(20)9-12/h4-6,11-14,18,20H,7-10H2,1-3H3. The Labute approximate surface area is 127 Å². The van der Waals surface area contributed by atoms with Crippen LogP contribution in [0.4, 0.5) is 5.69 Å². The summed E-state index contributed by atoms with van der Waals surface area (Å²) in [6.07, 6.45) is 4.02. The van der Waals surface area contributed by atoms with Gasteiger partial charge in [-0.3, -0.25) is 0 Å². The van der Waals surface area contributed by atoms with Crippen LogP contribution < -0.4 is 15.0 Å². The first-order valence-corrected chi connectivity index (χ1v) is 7.96. The second-order valence-electron chi connectivity index (χ2n) is 6.32. The monoisotopic (exact) mass is 290 g/mol. The first-order valence-electron chi connectivity index (χ1n) is 7.96. The summed E-state index contributed by atoms with van der Waals surface area (Å²) in [5, 5.41) is 13.4. The van der Waals surface area contributed by atoms with E-state index in [-0.39, 0.29) is 12.1 Å². The molecule has 4 nitrogen and oxygen atoms in total. The third-order valence-electron chi connectivity index (χ3n) is 5.12. The lowest BCUT2D eigenvalue weighted by Gasteiger charge is -2.40. The maximum Gasteiger partial charge on any atom is 0.125 e. The van der Waals surface area contributed by atoms with Gasteiger partial charge in [-0.25, -0.2) is 0 Å². The summed E-state index contributed by atoms with van der Waals surface area (Å²) in [7, 11) is 3.72. The van der Waals surface area contributed by atoms with Crippen molar-refractivity contribution in [2.24, 2.45) is 0 Å². The molecular formula is C17H26N2O2. The summed E-state index contributed by atoms with van der Waals surface area (Å²) in [4.78, 5) is 2.54. The fourth-order valence-electron chi connectivity index (χ4n) is 4.06. The van der Waals surface area contributed by atoms with Crippen LogP contribution in [0.5, 0.6) is 5.75 Å². The zero-order valence-corrected chi connectivity index (χ0v) is 13.2. The molecule has 21 heavy (non-hydrogen) atoms. The lowest BCUT2D eigenvalue weighted by atomic mass is 9.96. The molecular weight excluding hydrogens is 264 g/mol. The topological polar surface area (TPSA) is 44.7 Å². The van der Waals surface area contributed by atoms with Gasteiger partial charge >= 0.3 is 0 Å². The summed E-state index contributed by atoms with van der Waals surface area (Å²) in [6, 6.07) is 7.48. The second-order valence-corrected chi connectivity index (χ2v) is 6.32. The van der Waals surface area contributed by atoms with Crippen molar-refractivity contribution in [2.75, 3.05) is 19.1 Å². The summed E-state index contributed by atoms with van der Waals surface area (Å²) in [5.74, 6) is 0.944. The van der Waals surface area contributed by atoms with Gasteiger partial charge in [-0.1, -0.05) is 6.07 Å². The largest absolute Gasteiger partial charge is 0.496 e. The van der Waals surface area contributed by atoms with Crippen LogP contribution in [0.15, 0.2) is 18.2 Å². The average molecular weight is 290 g/mol. The molecule has 1 aromatic carbocycles. The Morgan fingerprint density at radius 3 is 2.52 bits per heavy atom. The van der Waals surface area contributed by atoms with Crippen LogP contribution in [0.2, 0.25) is 0 Å². The van der Waals surface area contributed by atoms with Crippen LogP contribution in [-0.4, -0.2) is 37.5 Å². The zero-order chi connectivity index (χ0) is 15.0. The van der Waals surface area contributed by atoms with Gasteiger partial charge in [0.1, 0.15) is 5.75 Å². The molecule has 2 N–H and O–H groups in total. The molecule has 2 aliphatic heterocycles. The average Bonchev–Trinajstić information content (AvgIpc) is 2.77. The molecule has 1 aromatic rings. The molecule has 0 spiro atoms. The lowest BCUT2D eigenvalue weighted by Crippen LogP contribution is -2.45. The van der Waals surface area contributed by atoms with Crippen molar-refractivity contribution in [1.82, 2.24) is 5.32 Å². The highest BCUT2D eigenvalue weighted by Crippen LogP contribution is 2.44. The van der Waals surface area contributed by atoms with Gasteiger partial charge in [-0.15, -0.1) is 0 Å². The number of ether oxygens (including phenoxy) is 1. The number of aliphatic hydroxyl groups is 1. The molecule has 3 rings (SSSR count). The third-order valence-corrected chi connectivity index (χ3v) is 5.12. The first-order chi connectivity index (χ1) is 10.2. The number of methoxy groups -OCH3 is 1. The molecule has 116 valence electrons. The Balaban J connectivity index is 2.02. The summed E-state index contributed by atoms with van der Waals surface area (Å²) in [6.45, 7) is 2.17. The Bertz CT molecular complexity index is 492. The van der Waals surface area contributed by atoms with Gasteiger partial charge in [0, 0.05) is 29.4 Å². The minimum atomic E-state index is -0.130. The van der Waals surface area contributed by atoms with Crippen molar-refractivity contribution < 1.29 is 9.84 Å². The van der Waals surface area contributed by atoms with Gasteiger partial charge < -0.3 is 20.1 Å². The van der Waals surface area contributed by atoms with Crippen LogP contribution in [0.1, 0.15) is 44.2 Å². The van der Waals surface area contributed by atoms with Crippen LogP contribution in [0.3, 0.4) is 0 Å². The smallest absolute Gasteiger partial charge is 0.125 e. The molecule has 3 unspecified atom stereocenters. The predicted molar refractivity (Wildman–Crippen MR) is 85.0 cm³/mol. The molecule has 2 saturated heterocycles. The SMILES string of the molecule is CNC(C)c1c(OC)cccc1N1C2CCC1CC(O)C2.